The monoisotopic (exact) mass is 389 g/mol. The van der Waals surface area contributed by atoms with Gasteiger partial charge in [0.15, 0.2) is 5.82 Å². The van der Waals surface area contributed by atoms with E-state index in [-0.39, 0.29) is 30.3 Å². The molecule has 148 valence electrons. The predicted molar refractivity (Wildman–Crippen MR) is 96.0 cm³/mol. The largest absolute Gasteiger partial charge is 0.481 e. The highest BCUT2D eigenvalue weighted by Gasteiger charge is 2.57. The van der Waals surface area contributed by atoms with E-state index in [2.05, 4.69) is 19.9 Å². The van der Waals surface area contributed by atoms with Gasteiger partial charge in [-0.05, 0) is 30.6 Å². The fourth-order valence-electron chi connectivity index (χ4n) is 4.89. The second-order valence-corrected chi connectivity index (χ2v) is 8.14. The second-order valence-electron chi connectivity index (χ2n) is 8.14. The van der Waals surface area contributed by atoms with Crippen LogP contribution in [0.2, 0.25) is 0 Å². The number of hydrogen-bond donors (Lipinski definition) is 1. The Kier molecular flexibility index (Phi) is 3.73. The first-order chi connectivity index (χ1) is 13.3. The summed E-state index contributed by atoms with van der Waals surface area (Å²) in [5.74, 6) is -2.07. The van der Waals surface area contributed by atoms with Crippen molar-refractivity contribution in [1.82, 2.24) is 19.5 Å². The van der Waals surface area contributed by atoms with E-state index in [1.807, 2.05) is 0 Å². The molecule has 0 radical (unpaired) electrons. The number of fused-ring (bicyclic) bond motifs is 2. The summed E-state index contributed by atoms with van der Waals surface area (Å²) in [6, 6.07) is 0. The molecule has 5 rings (SSSR count). The highest BCUT2D eigenvalue weighted by molar-refractivity contribution is 5.68. The molecule has 2 aromatic heterocycles. The van der Waals surface area contributed by atoms with Gasteiger partial charge < -0.3 is 14.6 Å². The van der Waals surface area contributed by atoms with Crippen molar-refractivity contribution < 1.29 is 18.7 Å². The Morgan fingerprint density at radius 3 is 2.71 bits per heavy atom. The smallest absolute Gasteiger partial charge is 0.303 e. The molecule has 7 nitrogen and oxygen atoms in total. The van der Waals surface area contributed by atoms with Crippen molar-refractivity contribution in [2.24, 2.45) is 24.8 Å². The summed E-state index contributed by atoms with van der Waals surface area (Å²) in [6.45, 7) is 1.34. The van der Waals surface area contributed by atoms with Crippen LogP contribution in [0, 0.1) is 17.8 Å². The molecule has 1 saturated carbocycles. The van der Waals surface area contributed by atoms with Crippen LogP contribution in [0.15, 0.2) is 12.5 Å². The molecule has 1 N–H and O–H groups in total. The lowest BCUT2D eigenvalue weighted by atomic mass is 9.92. The van der Waals surface area contributed by atoms with E-state index in [1.54, 1.807) is 24.1 Å². The van der Waals surface area contributed by atoms with Crippen LogP contribution in [-0.4, -0.2) is 43.7 Å². The molecule has 3 heterocycles. The average Bonchev–Trinajstić information content (AvgIpc) is 3.01. The number of rotatable bonds is 4. The fraction of sp³-hybridized carbons (Fsp3) is 0.579. The van der Waals surface area contributed by atoms with Gasteiger partial charge in [-0.25, -0.2) is 15.0 Å². The molecule has 0 spiro atoms. The number of aryl methyl sites for hydroxylation is 1. The molecule has 28 heavy (non-hydrogen) atoms. The molecule has 0 aromatic carbocycles. The van der Waals surface area contributed by atoms with E-state index in [0.29, 0.717) is 54.8 Å². The fourth-order valence-corrected chi connectivity index (χ4v) is 4.89. The maximum atomic E-state index is 14.7. The maximum absolute atomic E-state index is 14.7. The lowest BCUT2D eigenvalue weighted by Crippen LogP contribution is -2.31. The van der Waals surface area contributed by atoms with Gasteiger partial charge in [-0.3, -0.25) is 4.79 Å². The number of carboxylic acid groups (broad SMARTS) is 1. The number of nitrogens with zero attached hydrogens (tertiary/aromatic N) is 5. The second kappa shape index (κ2) is 5.96. The Morgan fingerprint density at radius 2 is 2.07 bits per heavy atom. The van der Waals surface area contributed by atoms with Gasteiger partial charge in [0.2, 0.25) is 0 Å². The lowest BCUT2D eigenvalue weighted by molar-refractivity contribution is -0.137. The third kappa shape index (κ3) is 2.67. The summed E-state index contributed by atoms with van der Waals surface area (Å²) in [5.41, 5.74) is 0.972. The number of anilines is 1. The van der Waals surface area contributed by atoms with Crippen molar-refractivity contribution in [3.63, 3.8) is 0 Å². The molecule has 2 unspecified atom stereocenters. The molecule has 0 bridgehead atoms. The first kappa shape index (κ1) is 17.5. The minimum Gasteiger partial charge on any atom is -0.481 e. The summed E-state index contributed by atoms with van der Waals surface area (Å²) < 4.78 is 31.1. The van der Waals surface area contributed by atoms with Crippen LogP contribution in [0.3, 0.4) is 0 Å². The number of aromatic nitrogens is 4. The Hall–Kier alpha value is -2.58. The summed E-state index contributed by atoms with van der Waals surface area (Å²) >= 11 is 0. The maximum Gasteiger partial charge on any atom is 0.303 e. The molecule has 1 aliphatic heterocycles. The number of imidazole rings is 1. The number of carboxylic acids is 1. The first-order valence-electron chi connectivity index (χ1n) is 9.58. The molecule has 1 saturated heterocycles. The van der Waals surface area contributed by atoms with Crippen molar-refractivity contribution in [2.75, 3.05) is 18.0 Å². The van der Waals surface area contributed by atoms with Gasteiger partial charge in [0.1, 0.15) is 17.2 Å². The summed E-state index contributed by atoms with van der Waals surface area (Å²) in [5, 5.41) is 9.02. The number of hydrogen-bond acceptors (Lipinski definition) is 5. The van der Waals surface area contributed by atoms with E-state index >= 15 is 0 Å². The summed E-state index contributed by atoms with van der Waals surface area (Å²) in [6.07, 6.45) is 4.10. The van der Waals surface area contributed by atoms with Crippen molar-refractivity contribution in [1.29, 1.82) is 0 Å². The van der Waals surface area contributed by atoms with Crippen LogP contribution in [0.4, 0.5) is 14.6 Å². The van der Waals surface area contributed by atoms with Crippen LogP contribution in [-0.2, 0) is 24.2 Å². The number of piperidine rings is 1. The zero-order valence-corrected chi connectivity index (χ0v) is 15.5. The molecule has 2 aromatic rings. The summed E-state index contributed by atoms with van der Waals surface area (Å²) in [4.78, 5) is 26.0. The van der Waals surface area contributed by atoms with E-state index in [0.717, 1.165) is 0 Å². The predicted octanol–water partition coefficient (Wildman–Crippen LogP) is 2.46. The van der Waals surface area contributed by atoms with E-state index < -0.39 is 11.9 Å². The van der Waals surface area contributed by atoms with Gasteiger partial charge in [-0.15, -0.1) is 0 Å². The van der Waals surface area contributed by atoms with Gasteiger partial charge in [-0.1, -0.05) is 0 Å². The Labute approximate surface area is 160 Å². The van der Waals surface area contributed by atoms with Gasteiger partial charge in [0.05, 0.1) is 12.5 Å². The molecule has 0 amide bonds. The minimum absolute atomic E-state index is 0.164. The number of alkyl halides is 2. The molecule has 2 atom stereocenters. The van der Waals surface area contributed by atoms with Gasteiger partial charge in [-0.2, -0.15) is 8.78 Å². The quantitative estimate of drug-likeness (QED) is 0.865. The average molecular weight is 389 g/mol. The number of halogens is 2. The van der Waals surface area contributed by atoms with Crippen molar-refractivity contribution >= 4 is 11.8 Å². The Morgan fingerprint density at radius 1 is 1.32 bits per heavy atom. The molecule has 2 aliphatic carbocycles. The van der Waals surface area contributed by atoms with E-state index in [1.165, 1.54) is 0 Å². The molecule has 2 fully saturated rings. The van der Waals surface area contributed by atoms with Crippen LogP contribution in [0.5, 0.6) is 0 Å². The van der Waals surface area contributed by atoms with Crippen LogP contribution in [0.25, 0.3) is 11.5 Å². The van der Waals surface area contributed by atoms with Crippen molar-refractivity contribution in [3.05, 3.63) is 23.8 Å². The van der Waals surface area contributed by atoms with Crippen LogP contribution < -0.4 is 4.90 Å². The minimum atomic E-state index is -2.97. The first-order valence-corrected chi connectivity index (χ1v) is 9.58. The lowest BCUT2D eigenvalue weighted by Gasteiger charge is -2.30. The normalized spacial score (nSPS) is 27.4. The Balaban J connectivity index is 1.53. The van der Waals surface area contributed by atoms with Gasteiger partial charge >= 0.3 is 5.97 Å². The van der Waals surface area contributed by atoms with Crippen molar-refractivity contribution in [2.45, 2.75) is 31.6 Å². The van der Waals surface area contributed by atoms with Crippen molar-refractivity contribution in [3.8, 4) is 11.5 Å². The van der Waals surface area contributed by atoms with Crippen LogP contribution in [0.1, 0.15) is 30.5 Å². The zero-order valence-electron chi connectivity index (χ0n) is 15.5. The highest BCUT2D eigenvalue weighted by atomic mass is 19.3. The van der Waals surface area contributed by atoms with Gasteiger partial charge in [0.25, 0.3) is 5.92 Å². The van der Waals surface area contributed by atoms with E-state index in [4.69, 9.17) is 5.11 Å². The standard InChI is InChI=1S/C19H21F2N5O2/c1-25-9-22-6-14(25)17-23-16-10(3-2-4-19(16,20)21)18(24-17)26-7-12-11(5-15(27)28)13(12)8-26/h6,9,11-13H,2-5,7-8H2,1H3,(H,27,28). The summed E-state index contributed by atoms with van der Waals surface area (Å²) in [7, 11) is 1.78. The number of carbonyl (C=O) groups is 1. The Bertz CT molecular complexity index is 948. The third-order valence-corrected chi connectivity index (χ3v) is 6.38. The van der Waals surface area contributed by atoms with Crippen LogP contribution >= 0.6 is 0 Å². The topological polar surface area (TPSA) is 84.1 Å². The SMILES string of the molecule is Cn1cncc1-c1nc(N2CC3C(CC(=O)O)C3C2)c2c(n1)C(F)(F)CCC2. The molecule has 3 aliphatic rings. The van der Waals surface area contributed by atoms with Gasteiger partial charge in [0, 0.05) is 38.5 Å². The molecular formula is C19H21F2N5O2. The number of aliphatic carboxylic acids is 1. The zero-order chi connectivity index (χ0) is 19.6. The molecule has 9 heteroatoms. The third-order valence-electron chi connectivity index (χ3n) is 6.38. The van der Waals surface area contributed by atoms with E-state index in [9.17, 15) is 13.6 Å². The molecular weight excluding hydrogens is 368 g/mol. The highest BCUT2D eigenvalue weighted by Crippen LogP contribution is 2.55.